The van der Waals surface area contributed by atoms with E-state index in [1.54, 1.807) is 43.0 Å². The number of carbonyl (C=O) groups excluding carboxylic acids is 2. The van der Waals surface area contributed by atoms with Crippen LogP contribution in [-0.2, 0) is 17.8 Å². The number of hydrogen-bond donors (Lipinski definition) is 3. The first-order valence-electron chi connectivity index (χ1n) is 17.8. The first-order valence-corrected chi connectivity index (χ1v) is 18.2. The van der Waals surface area contributed by atoms with E-state index in [1.807, 2.05) is 86.9 Å². The van der Waals surface area contributed by atoms with Crippen LogP contribution in [0.5, 0.6) is 0 Å². The molecule has 11 nitrogen and oxygen atoms in total. The molecular weight excluding hydrogens is 690 g/mol. The number of hydrogen-bond acceptors (Lipinski definition) is 6. The van der Waals surface area contributed by atoms with Gasteiger partial charge in [-0.25, -0.2) is 9.78 Å². The van der Waals surface area contributed by atoms with Crippen LogP contribution < -0.4 is 11.1 Å². The second-order valence-electron chi connectivity index (χ2n) is 15.5. The Morgan fingerprint density at radius 1 is 1.09 bits per heavy atom. The van der Waals surface area contributed by atoms with E-state index < -0.39 is 29.5 Å². The minimum Gasteiger partial charge on any atom is -0.465 e. The van der Waals surface area contributed by atoms with E-state index in [2.05, 4.69) is 5.32 Å². The number of likely N-dealkylation sites (tertiary alicyclic amines) is 1. The van der Waals surface area contributed by atoms with Crippen molar-refractivity contribution in [2.45, 2.75) is 91.0 Å². The van der Waals surface area contributed by atoms with E-state index in [0.29, 0.717) is 41.0 Å². The van der Waals surface area contributed by atoms with Crippen LogP contribution >= 0.6 is 11.6 Å². The number of aromatic nitrogens is 2. The average molecular weight is 738 g/mol. The zero-order valence-corrected chi connectivity index (χ0v) is 31.9. The molecule has 278 valence electrons. The maximum Gasteiger partial charge on any atom is 0.408 e. The van der Waals surface area contributed by atoms with Crippen molar-refractivity contribution in [2.24, 2.45) is 11.1 Å². The van der Waals surface area contributed by atoms with Crippen LogP contribution in [0.15, 0.2) is 84.4 Å². The van der Waals surface area contributed by atoms with Crippen molar-refractivity contribution in [3.05, 3.63) is 106 Å². The van der Waals surface area contributed by atoms with E-state index in [4.69, 9.17) is 22.3 Å². The summed E-state index contributed by atoms with van der Waals surface area (Å²) in [6.45, 7) is 12.2. The third-order valence-corrected chi connectivity index (χ3v) is 10.1. The van der Waals surface area contributed by atoms with Gasteiger partial charge in [-0.05, 0) is 99.0 Å². The molecule has 0 spiro atoms. The van der Waals surface area contributed by atoms with Gasteiger partial charge in [-0.1, -0.05) is 68.8 Å². The Bertz CT molecular complexity index is 2040. The molecule has 3 amide bonds. The van der Waals surface area contributed by atoms with Crippen LogP contribution in [0, 0.1) is 16.7 Å². The minimum absolute atomic E-state index is 0.0160. The maximum atomic E-state index is 13.7. The lowest BCUT2D eigenvalue weighted by Crippen LogP contribution is -2.47. The fourth-order valence-electron chi connectivity index (χ4n) is 6.78. The molecule has 3 atom stereocenters. The Labute approximate surface area is 316 Å². The fraction of sp³-hybridized carbons (Fsp3) is 0.390. The molecule has 5 rings (SSSR count). The highest BCUT2D eigenvalue weighted by Crippen LogP contribution is 2.36. The number of amides is 3. The zero-order valence-electron chi connectivity index (χ0n) is 31.1. The topological polar surface area (TPSA) is 158 Å². The summed E-state index contributed by atoms with van der Waals surface area (Å²) in [6, 6.07) is 22.9. The quantitative estimate of drug-likeness (QED) is 0.105. The number of nitrogens with two attached hydrogens (primary N) is 1. The van der Waals surface area contributed by atoms with Crippen LogP contribution in [0.2, 0.25) is 5.02 Å². The van der Waals surface area contributed by atoms with Crippen molar-refractivity contribution in [1.29, 1.82) is 5.26 Å². The molecule has 1 saturated heterocycles. The van der Waals surface area contributed by atoms with E-state index in [0.717, 1.165) is 17.5 Å². The van der Waals surface area contributed by atoms with Gasteiger partial charge in [0.15, 0.2) is 0 Å². The van der Waals surface area contributed by atoms with Gasteiger partial charge < -0.3 is 20.3 Å². The molecule has 4 N–H and O–H groups in total. The predicted octanol–water partition coefficient (Wildman–Crippen LogP) is 7.82. The van der Waals surface area contributed by atoms with Gasteiger partial charge in [-0.3, -0.25) is 19.8 Å². The number of halogens is 1. The molecule has 12 heteroatoms. The summed E-state index contributed by atoms with van der Waals surface area (Å²) in [5, 5.41) is 24.0. The largest absolute Gasteiger partial charge is 0.465 e. The minimum atomic E-state index is -1.02. The van der Waals surface area contributed by atoms with Crippen LogP contribution in [0.1, 0.15) is 81.9 Å². The van der Waals surface area contributed by atoms with Crippen molar-refractivity contribution in [2.75, 3.05) is 11.9 Å². The normalized spacial score (nSPS) is 16.2. The third-order valence-electron chi connectivity index (χ3n) is 9.89. The van der Waals surface area contributed by atoms with E-state index in [9.17, 15) is 24.8 Å². The molecule has 1 aliphatic heterocycles. The lowest BCUT2D eigenvalue weighted by atomic mass is 9.84. The highest BCUT2D eigenvalue weighted by Gasteiger charge is 2.37. The van der Waals surface area contributed by atoms with Gasteiger partial charge in [0, 0.05) is 35.3 Å². The van der Waals surface area contributed by atoms with Crippen molar-refractivity contribution in [3.63, 3.8) is 0 Å². The average Bonchev–Trinajstić information content (AvgIpc) is 3.70. The Morgan fingerprint density at radius 2 is 1.77 bits per heavy atom. The molecule has 3 aromatic carbocycles. The monoisotopic (exact) mass is 737 g/mol. The molecule has 1 fully saturated rings. The number of rotatable bonds is 11. The SMILES string of the molecule is C[C@H](N(C(=O)O)C(Cc1ccccc1)c1ccc2c(c1)nc(NC(=O)c1ccc(Cl)cc1)n2CC1CCCN1C(=O)C(C#N)=CC(C)(C)N)C(C)(C)C. The second kappa shape index (κ2) is 15.8. The molecule has 0 radical (unpaired) electrons. The number of nitrogens with one attached hydrogen (secondary N) is 1. The van der Waals surface area contributed by atoms with Gasteiger partial charge in [0.1, 0.15) is 11.6 Å². The highest BCUT2D eigenvalue weighted by molar-refractivity contribution is 6.30. The van der Waals surface area contributed by atoms with E-state index in [1.165, 1.54) is 11.0 Å². The van der Waals surface area contributed by atoms with Gasteiger partial charge in [-0.2, -0.15) is 5.26 Å². The van der Waals surface area contributed by atoms with Crippen LogP contribution in [0.3, 0.4) is 0 Å². The maximum absolute atomic E-state index is 13.7. The van der Waals surface area contributed by atoms with Gasteiger partial charge in [0.25, 0.3) is 11.8 Å². The van der Waals surface area contributed by atoms with Crippen LogP contribution in [-0.4, -0.2) is 66.5 Å². The lowest BCUT2D eigenvalue weighted by Gasteiger charge is -2.41. The first-order chi connectivity index (χ1) is 25.0. The molecule has 2 heterocycles. The van der Waals surface area contributed by atoms with Gasteiger partial charge >= 0.3 is 6.09 Å². The summed E-state index contributed by atoms with van der Waals surface area (Å²) < 4.78 is 1.88. The summed E-state index contributed by atoms with van der Waals surface area (Å²) in [5.74, 6) is -0.513. The molecule has 2 unspecified atom stereocenters. The van der Waals surface area contributed by atoms with Gasteiger partial charge in [0.2, 0.25) is 5.95 Å². The molecule has 0 bridgehead atoms. The summed E-state index contributed by atoms with van der Waals surface area (Å²) >= 11 is 6.08. The van der Waals surface area contributed by atoms with Crippen molar-refractivity contribution >= 4 is 46.5 Å². The predicted molar refractivity (Wildman–Crippen MR) is 208 cm³/mol. The molecule has 1 aromatic heterocycles. The summed E-state index contributed by atoms with van der Waals surface area (Å²) in [7, 11) is 0. The molecule has 1 aliphatic rings. The molecule has 53 heavy (non-hydrogen) atoms. The molecule has 0 saturated carbocycles. The Morgan fingerprint density at radius 3 is 2.38 bits per heavy atom. The Balaban J connectivity index is 1.60. The highest BCUT2D eigenvalue weighted by atomic mass is 35.5. The number of imidazole rings is 1. The smallest absolute Gasteiger partial charge is 0.408 e. The second-order valence-corrected chi connectivity index (χ2v) is 15.9. The standard InChI is InChI=1S/C41H48ClN7O4/c1-26(40(2,3)4)49(39(52)53)35(21-27-11-8-7-9-12-27)29-16-19-34-33(22-29)45-38(46-36(50)28-14-17-31(42)18-15-28)48(34)25-32-13-10-20-47(32)37(51)30(24-43)23-41(5,6)44/h7-9,11-12,14-19,22-23,26,32,35H,10,13,20-21,25,44H2,1-6H3,(H,52,53)(H,45,46,50)/t26-,32?,35?/m0/s1. The van der Waals surface area contributed by atoms with E-state index >= 15 is 0 Å². The zero-order chi connectivity index (χ0) is 38.7. The number of anilines is 1. The van der Waals surface area contributed by atoms with Crippen molar-refractivity contribution in [3.8, 4) is 6.07 Å². The molecule has 4 aromatic rings. The van der Waals surface area contributed by atoms with Crippen LogP contribution in [0.4, 0.5) is 10.7 Å². The van der Waals surface area contributed by atoms with Gasteiger partial charge in [0.05, 0.1) is 23.1 Å². The summed E-state index contributed by atoms with van der Waals surface area (Å²) in [6.07, 6.45) is 2.32. The third kappa shape index (κ3) is 9.25. The number of nitriles is 1. The number of carboxylic acid groups (broad SMARTS) is 1. The summed E-state index contributed by atoms with van der Waals surface area (Å²) in [4.78, 5) is 48.3. The van der Waals surface area contributed by atoms with Crippen molar-refractivity contribution < 1.29 is 19.5 Å². The molecule has 0 aliphatic carbocycles. The fourth-order valence-corrected chi connectivity index (χ4v) is 6.91. The number of nitrogens with zero attached hydrogens (tertiary/aromatic N) is 5. The van der Waals surface area contributed by atoms with Crippen molar-refractivity contribution in [1.82, 2.24) is 19.4 Å². The first kappa shape index (κ1) is 39.0. The molecular formula is C41H48ClN7O4. The number of carbonyl (C=O) groups is 3. The lowest BCUT2D eigenvalue weighted by molar-refractivity contribution is -0.127. The Hall–Kier alpha value is -5.18. The number of fused-ring (bicyclic) bond motifs is 1. The Kier molecular flexibility index (Phi) is 11.7. The number of benzene rings is 3. The summed E-state index contributed by atoms with van der Waals surface area (Å²) in [5.41, 5.74) is 8.30. The van der Waals surface area contributed by atoms with E-state index in [-0.39, 0.29) is 35.6 Å². The van der Waals surface area contributed by atoms with Gasteiger partial charge in [-0.15, -0.1) is 0 Å². The van der Waals surface area contributed by atoms with Crippen LogP contribution in [0.25, 0.3) is 11.0 Å².